The van der Waals surface area contributed by atoms with Gasteiger partial charge in [0.05, 0.1) is 35.9 Å². The smallest absolute Gasteiger partial charge is 0.395 e. The lowest BCUT2D eigenvalue weighted by atomic mass is 9.92. The summed E-state index contributed by atoms with van der Waals surface area (Å²) in [6.07, 6.45) is -13.8. The van der Waals surface area contributed by atoms with Crippen LogP contribution in [0.4, 0.5) is 45.2 Å². The Morgan fingerprint density at radius 1 is 0.929 bits per heavy atom. The molecule has 232 valence electrons. The van der Waals surface area contributed by atoms with Gasteiger partial charge in [-0.15, -0.1) is 10.7 Å². The van der Waals surface area contributed by atoms with E-state index in [2.05, 4.69) is 16.0 Å². The van der Waals surface area contributed by atoms with E-state index in [1.807, 2.05) is 0 Å². The van der Waals surface area contributed by atoms with Crippen molar-refractivity contribution in [2.75, 3.05) is 31.6 Å². The number of aliphatic imine (C=N–C) groups is 1. The van der Waals surface area contributed by atoms with Crippen molar-refractivity contribution >= 4 is 11.6 Å². The molecular weight excluding hydrogens is 583 g/mol. The van der Waals surface area contributed by atoms with E-state index in [-0.39, 0.29) is 47.6 Å². The summed E-state index contributed by atoms with van der Waals surface area (Å²) in [5.74, 6) is 0.0465. The van der Waals surface area contributed by atoms with Crippen LogP contribution in [-0.4, -0.2) is 47.9 Å². The molecular formula is C26H29F9N6O. The number of anilines is 1. The minimum Gasteiger partial charge on any atom is -0.395 e. The van der Waals surface area contributed by atoms with Crippen molar-refractivity contribution in [2.45, 2.75) is 57.8 Å². The van der Waals surface area contributed by atoms with Crippen molar-refractivity contribution in [1.82, 2.24) is 21.1 Å². The second-order valence-electron chi connectivity index (χ2n) is 10.2. The van der Waals surface area contributed by atoms with Gasteiger partial charge in [-0.2, -0.15) is 39.5 Å². The molecule has 1 atom stereocenters. The van der Waals surface area contributed by atoms with Gasteiger partial charge in [0.25, 0.3) is 0 Å². The average molecular weight is 613 g/mol. The molecule has 0 bridgehead atoms. The fourth-order valence-electron chi connectivity index (χ4n) is 5.44. The van der Waals surface area contributed by atoms with Gasteiger partial charge in [-0.05, 0) is 61.6 Å². The molecule has 0 saturated carbocycles. The lowest BCUT2D eigenvalue weighted by Crippen LogP contribution is -2.39. The summed E-state index contributed by atoms with van der Waals surface area (Å²) in [6, 6.07) is 1.97. The van der Waals surface area contributed by atoms with E-state index < -0.39 is 47.8 Å². The Balaban J connectivity index is 1.78. The van der Waals surface area contributed by atoms with Gasteiger partial charge in [-0.25, -0.2) is 4.99 Å². The molecule has 3 N–H and O–H groups in total. The van der Waals surface area contributed by atoms with Gasteiger partial charge in [0, 0.05) is 31.4 Å². The number of β-amino-alcohol motifs (C(OH)–C–C–N with tert-alkyl or cyclic N) is 1. The Hall–Kier alpha value is -3.24. The number of alkyl halides is 9. The number of rotatable bonds is 5. The molecule has 1 fully saturated rings. The number of aliphatic hydroxyl groups is 1. The summed E-state index contributed by atoms with van der Waals surface area (Å²) in [7, 11) is 1.46. The highest BCUT2D eigenvalue weighted by atomic mass is 19.4. The number of hydrazine groups is 3. The molecule has 0 unspecified atom stereocenters. The Morgan fingerprint density at radius 3 is 2.10 bits per heavy atom. The summed E-state index contributed by atoms with van der Waals surface area (Å²) >= 11 is 0. The van der Waals surface area contributed by atoms with Gasteiger partial charge in [0.1, 0.15) is 0 Å². The maximum atomic E-state index is 14.0. The topological polar surface area (TPSA) is 66.4 Å². The van der Waals surface area contributed by atoms with Gasteiger partial charge < -0.3 is 10.0 Å². The second kappa shape index (κ2) is 11.4. The van der Waals surface area contributed by atoms with Crippen molar-refractivity contribution < 1.29 is 44.6 Å². The van der Waals surface area contributed by atoms with Crippen LogP contribution in [0.2, 0.25) is 0 Å². The van der Waals surface area contributed by atoms with E-state index >= 15 is 0 Å². The molecule has 2 aromatic carbocycles. The number of nitrogens with zero attached hydrogens (tertiary/aromatic N) is 4. The van der Waals surface area contributed by atoms with Gasteiger partial charge >= 0.3 is 18.5 Å². The summed E-state index contributed by atoms with van der Waals surface area (Å²) in [4.78, 5) is 6.36. The molecule has 4 rings (SSSR count). The molecule has 16 heteroatoms. The van der Waals surface area contributed by atoms with Crippen LogP contribution in [0.5, 0.6) is 0 Å². The van der Waals surface area contributed by atoms with Gasteiger partial charge in [-0.1, -0.05) is 6.07 Å². The van der Waals surface area contributed by atoms with Crippen LogP contribution in [0.15, 0.2) is 29.3 Å². The number of aryl methyl sites for hydroxylation is 1. The van der Waals surface area contributed by atoms with Crippen molar-refractivity contribution in [3.8, 4) is 0 Å². The zero-order valence-corrected chi connectivity index (χ0v) is 22.8. The molecule has 7 nitrogen and oxygen atoms in total. The highest BCUT2D eigenvalue weighted by Crippen LogP contribution is 2.45. The van der Waals surface area contributed by atoms with Crippen LogP contribution in [-0.2, 0) is 25.1 Å². The minimum atomic E-state index is -5.02. The second-order valence-corrected chi connectivity index (χ2v) is 10.2. The number of nitrogens with one attached hydrogen (secondary N) is 2. The van der Waals surface area contributed by atoms with E-state index in [0.717, 1.165) is 0 Å². The van der Waals surface area contributed by atoms with Crippen LogP contribution >= 0.6 is 0 Å². The van der Waals surface area contributed by atoms with E-state index in [1.165, 1.54) is 37.1 Å². The van der Waals surface area contributed by atoms with E-state index in [0.29, 0.717) is 37.1 Å². The summed E-state index contributed by atoms with van der Waals surface area (Å²) in [5, 5.41) is 12.2. The normalized spacial score (nSPS) is 19.7. The number of hydrogen-bond donors (Lipinski definition) is 3. The van der Waals surface area contributed by atoms with Crippen molar-refractivity contribution in [3.63, 3.8) is 0 Å². The number of aliphatic hydroxyl groups excluding tert-OH is 1. The number of halogens is 9. The molecule has 0 aromatic heterocycles. The standard InChI is InChI=1S/C26H29F9N6O/c1-14-9-19-20(5-4-6-40(7-8-42)22(19)15(2)21(14)26(33,34)35)36-23-37-38-39(3)41(23)13-16-10-17(24(27,28)29)12-18(11-16)25(30,31)32/h9-12,20,38,42H,4-8,13H2,1-3H3,(H,36,37)/t20-/m0/s1. The molecule has 2 aliphatic rings. The summed E-state index contributed by atoms with van der Waals surface area (Å²) in [5.41, 5.74) is 2.13. The fourth-order valence-corrected chi connectivity index (χ4v) is 5.44. The summed E-state index contributed by atoms with van der Waals surface area (Å²) in [6.45, 7) is 2.38. The van der Waals surface area contributed by atoms with Crippen LogP contribution < -0.4 is 15.9 Å². The highest BCUT2D eigenvalue weighted by molar-refractivity contribution is 5.81. The lowest BCUT2D eigenvalue weighted by Gasteiger charge is -2.30. The Morgan fingerprint density at radius 2 is 1.55 bits per heavy atom. The molecule has 0 spiro atoms. The fraction of sp³-hybridized carbons (Fsp3) is 0.500. The largest absolute Gasteiger partial charge is 0.416 e. The van der Waals surface area contributed by atoms with Crippen molar-refractivity contribution in [2.24, 2.45) is 4.99 Å². The lowest BCUT2D eigenvalue weighted by molar-refractivity contribution is -0.143. The van der Waals surface area contributed by atoms with E-state index in [4.69, 9.17) is 0 Å². The first-order chi connectivity index (χ1) is 19.4. The van der Waals surface area contributed by atoms with Gasteiger partial charge in [0.15, 0.2) is 0 Å². The number of guanidine groups is 1. The first-order valence-corrected chi connectivity index (χ1v) is 12.9. The predicted octanol–water partition coefficient (Wildman–Crippen LogP) is 5.72. The predicted molar refractivity (Wildman–Crippen MR) is 136 cm³/mol. The van der Waals surface area contributed by atoms with E-state index in [1.54, 1.807) is 4.90 Å². The highest BCUT2D eigenvalue weighted by Gasteiger charge is 2.39. The summed E-state index contributed by atoms with van der Waals surface area (Å²) < 4.78 is 122. The Kier molecular flexibility index (Phi) is 8.64. The maximum absolute atomic E-state index is 14.0. The van der Waals surface area contributed by atoms with Crippen LogP contribution in [0.1, 0.15) is 57.8 Å². The molecule has 0 radical (unpaired) electrons. The quantitative estimate of drug-likeness (QED) is 0.376. The first kappa shape index (κ1) is 31.7. The first-order valence-electron chi connectivity index (χ1n) is 12.9. The molecule has 1 saturated heterocycles. The molecule has 0 amide bonds. The third-order valence-corrected chi connectivity index (χ3v) is 7.20. The van der Waals surface area contributed by atoms with Crippen LogP contribution in [0, 0.1) is 13.8 Å². The number of fused-ring (bicyclic) bond motifs is 1. The molecule has 2 heterocycles. The molecule has 42 heavy (non-hydrogen) atoms. The number of benzene rings is 2. The Labute approximate surface area is 235 Å². The zero-order chi connectivity index (χ0) is 31.2. The van der Waals surface area contributed by atoms with Crippen LogP contribution in [0.3, 0.4) is 0 Å². The minimum absolute atomic E-state index is 0.0202. The molecule has 2 aromatic rings. The zero-order valence-electron chi connectivity index (χ0n) is 22.8. The average Bonchev–Trinajstić information content (AvgIpc) is 3.09. The van der Waals surface area contributed by atoms with Gasteiger partial charge in [-0.3, -0.25) is 10.4 Å². The van der Waals surface area contributed by atoms with E-state index in [9.17, 15) is 44.6 Å². The maximum Gasteiger partial charge on any atom is 0.416 e. The van der Waals surface area contributed by atoms with Gasteiger partial charge in [0.2, 0.25) is 5.96 Å². The van der Waals surface area contributed by atoms with Crippen molar-refractivity contribution in [1.29, 1.82) is 0 Å². The number of hydrogen-bond acceptors (Lipinski definition) is 5. The third kappa shape index (κ3) is 6.54. The Bertz CT molecular complexity index is 1310. The third-order valence-electron chi connectivity index (χ3n) is 7.20. The molecule has 2 aliphatic heterocycles. The monoisotopic (exact) mass is 612 g/mol. The van der Waals surface area contributed by atoms with Crippen molar-refractivity contribution in [3.05, 3.63) is 63.2 Å². The molecule has 0 aliphatic carbocycles. The SMILES string of the molecule is Cc1cc2c(c(C)c1C(F)(F)F)N(CCO)CCC[C@@H]2N=C1NNN(C)N1Cc1cc(C(F)(F)F)cc(C(F)(F)F)c1. The van der Waals surface area contributed by atoms with Crippen LogP contribution in [0.25, 0.3) is 0 Å².